The van der Waals surface area contributed by atoms with Crippen molar-refractivity contribution in [3.05, 3.63) is 42.2 Å². The number of carbonyl (C=O) groups excluding carboxylic acids is 1. The molecule has 6 nitrogen and oxygen atoms in total. The second-order valence-corrected chi connectivity index (χ2v) is 7.94. The van der Waals surface area contributed by atoms with Gasteiger partial charge < -0.3 is 15.0 Å². The van der Waals surface area contributed by atoms with E-state index < -0.39 is 0 Å². The molecular formula is C22H28N4O2. The summed E-state index contributed by atoms with van der Waals surface area (Å²) in [5.74, 6) is 2.70. The number of ether oxygens (including phenoxy) is 1. The summed E-state index contributed by atoms with van der Waals surface area (Å²) in [5, 5.41) is 3.11. The standard InChI is InChI=1S/C22H28N4O2/c1-16-10-14-26(15-11-16)20-22(24-13-12-23-20)28-19-8-6-17(7-9-19)21(27)25-18-4-2-3-5-18/h6-9,12-13,16,18H,2-5,10-11,14-15H2,1H3,(H,25,27). The Balaban J connectivity index is 1.42. The Morgan fingerprint density at radius 3 is 2.43 bits per heavy atom. The maximum atomic E-state index is 12.4. The van der Waals surface area contributed by atoms with Gasteiger partial charge in [0.15, 0.2) is 5.82 Å². The van der Waals surface area contributed by atoms with E-state index in [1.165, 1.54) is 12.8 Å². The molecule has 0 unspecified atom stereocenters. The highest BCUT2D eigenvalue weighted by atomic mass is 16.5. The minimum atomic E-state index is -0.0129. The molecule has 1 saturated heterocycles. The van der Waals surface area contributed by atoms with E-state index in [2.05, 4.69) is 27.1 Å². The lowest BCUT2D eigenvalue weighted by molar-refractivity contribution is 0.0938. The Bertz CT molecular complexity index is 794. The van der Waals surface area contributed by atoms with Crippen LogP contribution in [0.25, 0.3) is 0 Å². The number of nitrogens with one attached hydrogen (secondary N) is 1. The van der Waals surface area contributed by atoms with Gasteiger partial charge in [-0.3, -0.25) is 4.79 Å². The summed E-state index contributed by atoms with van der Waals surface area (Å²) in [6.45, 7) is 4.23. The predicted octanol–water partition coefficient (Wildman–Crippen LogP) is 4.18. The molecule has 1 aromatic heterocycles. The minimum absolute atomic E-state index is 0.0129. The third-order valence-corrected chi connectivity index (χ3v) is 5.75. The van der Waals surface area contributed by atoms with Crippen LogP contribution in [0.2, 0.25) is 0 Å². The van der Waals surface area contributed by atoms with Crippen molar-refractivity contribution in [3.63, 3.8) is 0 Å². The molecule has 1 saturated carbocycles. The van der Waals surface area contributed by atoms with Gasteiger partial charge in [0.1, 0.15) is 5.75 Å². The highest BCUT2D eigenvalue weighted by molar-refractivity contribution is 5.94. The van der Waals surface area contributed by atoms with E-state index in [9.17, 15) is 4.79 Å². The second-order valence-electron chi connectivity index (χ2n) is 7.94. The van der Waals surface area contributed by atoms with Crippen LogP contribution in [0.15, 0.2) is 36.7 Å². The molecule has 2 aromatic rings. The Morgan fingerprint density at radius 2 is 1.71 bits per heavy atom. The first-order valence-electron chi connectivity index (χ1n) is 10.3. The molecule has 2 fully saturated rings. The number of nitrogens with zero attached hydrogens (tertiary/aromatic N) is 3. The normalized spacial score (nSPS) is 18.2. The van der Waals surface area contributed by atoms with Gasteiger partial charge in [0.05, 0.1) is 0 Å². The van der Waals surface area contributed by atoms with Crippen LogP contribution in [-0.2, 0) is 0 Å². The number of carbonyl (C=O) groups is 1. The first-order valence-corrected chi connectivity index (χ1v) is 10.3. The van der Waals surface area contributed by atoms with E-state index >= 15 is 0 Å². The molecule has 2 aliphatic rings. The van der Waals surface area contributed by atoms with Gasteiger partial charge in [0.2, 0.25) is 0 Å². The average Bonchev–Trinajstić information content (AvgIpc) is 3.23. The van der Waals surface area contributed by atoms with Crippen molar-refractivity contribution in [2.75, 3.05) is 18.0 Å². The molecule has 4 rings (SSSR count). The van der Waals surface area contributed by atoms with Crippen LogP contribution >= 0.6 is 0 Å². The molecule has 6 heteroatoms. The van der Waals surface area contributed by atoms with Crippen LogP contribution in [0.5, 0.6) is 11.6 Å². The van der Waals surface area contributed by atoms with Crippen LogP contribution in [0, 0.1) is 5.92 Å². The SMILES string of the molecule is CC1CCN(c2nccnc2Oc2ccc(C(=O)NC3CCCC3)cc2)CC1. The molecule has 1 aromatic carbocycles. The summed E-state index contributed by atoms with van der Waals surface area (Å²) >= 11 is 0. The summed E-state index contributed by atoms with van der Waals surface area (Å²) in [6, 6.07) is 7.56. The Labute approximate surface area is 166 Å². The number of hydrogen-bond donors (Lipinski definition) is 1. The lowest BCUT2D eigenvalue weighted by atomic mass is 9.99. The third kappa shape index (κ3) is 4.43. The van der Waals surface area contributed by atoms with Gasteiger partial charge in [-0.05, 0) is 55.9 Å². The number of hydrogen-bond acceptors (Lipinski definition) is 5. The molecule has 1 amide bonds. The summed E-state index contributed by atoms with van der Waals surface area (Å²) in [5.41, 5.74) is 0.656. The zero-order chi connectivity index (χ0) is 19.3. The molecule has 0 bridgehead atoms. The summed E-state index contributed by atoms with van der Waals surface area (Å²) in [7, 11) is 0. The van der Waals surface area contributed by atoms with Gasteiger partial charge in [0, 0.05) is 37.1 Å². The molecule has 28 heavy (non-hydrogen) atoms. The highest BCUT2D eigenvalue weighted by Crippen LogP contribution is 2.31. The topological polar surface area (TPSA) is 67.3 Å². The first kappa shape index (κ1) is 18.7. The largest absolute Gasteiger partial charge is 0.436 e. The quantitative estimate of drug-likeness (QED) is 0.843. The number of benzene rings is 1. The molecular weight excluding hydrogens is 352 g/mol. The van der Waals surface area contributed by atoms with E-state index in [1.54, 1.807) is 24.5 Å². The fourth-order valence-corrected chi connectivity index (χ4v) is 3.95. The number of amides is 1. The maximum absolute atomic E-state index is 12.4. The number of piperidine rings is 1. The van der Waals surface area contributed by atoms with Gasteiger partial charge in [0.25, 0.3) is 11.8 Å². The Morgan fingerprint density at radius 1 is 1.04 bits per heavy atom. The van der Waals surface area contributed by atoms with Crippen molar-refractivity contribution < 1.29 is 9.53 Å². The van der Waals surface area contributed by atoms with Gasteiger partial charge in [-0.1, -0.05) is 19.8 Å². The van der Waals surface area contributed by atoms with Crippen molar-refractivity contribution in [1.29, 1.82) is 0 Å². The van der Waals surface area contributed by atoms with Crippen LogP contribution < -0.4 is 15.0 Å². The smallest absolute Gasteiger partial charge is 0.263 e. The Hall–Kier alpha value is -2.63. The number of aromatic nitrogens is 2. The molecule has 0 atom stereocenters. The number of anilines is 1. The highest BCUT2D eigenvalue weighted by Gasteiger charge is 2.21. The lowest BCUT2D eigenvalue weighted by Gasteiger charge is -2.31. The zero-order valence-electron chi connectivity index (χ0n) is 16.4. The van der Waals surface area contributed by atoms with Crippen LogP contribution in [0.4, 0.5) is 5.82 Å². The van der Waals surface area contributed by atoms with Crippen LogP contribution in [-0.4, -0.2) is 35.0 Å². The van der Waals surface area contributed by atoms with Gasteiger partial charge in [-0.2, -0.15) is 0 Å². The zero-order valence-corrected chi connectivity index (χ0v) is 16.4. The Kier molecular flexibility index (Phi) is 5.74. The molecule has 0 radical (unpaired) electrons. The number of rotatable bonds is 5. The second kappa shape index (κ2) is 8.59. The van der Waals surface area contributed by atoms with Crippen LogP contribution in [0.3, 0.4) is 0 Å². The van der Waals surface area contributed by atoms with Crippen molar-refractivity contribution in [3.8, 4) is 11.6 Å². The lowest BCUT2D eigenvalue weighted by Crippen LogP contribution is -2.33. The van der Waals surface area contributed by atoms with Gasteiger partial charge >= 0.3 is 0 Å². The fourth-order valence-electron chi connectivity index (χ4n) is 3.95. The summed E-state index contributed by atoms with van der Waals surface area (Å²) < 4.78 is 6.01. The van der Waals surface area contributed by atoms with Crippen molar-refractivity contribution in [2.45, 2.75) is 51.5 Å². The average molecular weight is 380 g/mol. The van der Waals surface area contributed by atoms with Crippen molar-refractivity contribution in [1.82, 2.24) is 15.3 Å². The monoisotopic (exact) mass is 380 g/mol. The van der Waals surface area contributed by atoms with Crippen LogP contribution in [0.1, 0.15) is 55.8 Å². The van der Waals surface area contributed by atoms with Crippen molar-refractivity contribution >= 4 is 11.7 Å². The first-order chi connectivity index (χ1) is 13.7. The van der Waals surface area contributed by atoms with Crippen molar-refractivity contribution in [2.24, 2.45) is 5.92 Å². The van der Waals surface area contributed by atoms with Gasteiger partial charge in [-0.15, -0.1) is 0 Å². The maximum Gasteiger partial charge on any atom is 0.263 e. The summed E-state index contributed by atoms with van der Waals surface area (Å²) in [6.07, 6.45) is 10.2. The van der Waals surface area contributed by atoms with Gasteiger partial charge in [-0.25, -0.2) is 9.97 Å². The summed E-state index contributed by atoms with van der Waals surface area (Å²) in [4.78, 5) is 23.5. The molecule has 2 heterocycles. The van der Waals surface area contributed by atoms with E-state index in [1.807, 2.05) is 12.1 Å². The minimum Gasteiger partial charge on any atom is -0.436 e. The van der Waals surface area contributed by atoms with E-state index in [-0.39, 0.29) is 5.91 Å². The van der Waals surface area contributed by atoms with E-state index in [0.717, 1.165) is 50.5 Å². The molecule has 148 valence electrons. The van der Waals surface area contributed by atoms with E-state index in [4.69, 9.17) is 4.74 Å². The molecule has 1 aliphatic carbocycles. The third-order valence-electron chi connectivity index (χ3n) is 5.75. The molecule has 1 aliphatic heterocycles. The van der Waals surface area contributed by atoms with E-state index in [0.29, 0.717) is 23.2 Å². The molecule has 1 N–H and O–H groups in total. The fraction of sp³-hybridized carbons (Fsp3) is 0.500. The molecule has 0 spiro atoms. The predicted molar refractivity (Wildman–Crippen MR) is 109 cm³/mol.